The van der Waals surface area contributed by atoms with Crippen molar-refractivity contribution in [1.82, 2.24) is 24.3 Å². The smallest absolute Gasteiger partial charge is 0.320 e. The Balaban J connectivity index is 1.14. The average Bonchev–Trinajstić information content (AvgIpc) is 3.42. The summed E-state index contributed by atoms with van der Waals surface area (Å²) in [6.07, 6.45) is 3.99. The fourth-order valence-electron chi connectivity index (χ4n) is 5.71. The third kappa shape index (κ3) is 4.98. The first kappa shape index (κ1) is 24.1. The van der Waals surface area contributed by atoms with Crippen LogP contribution in [-0.4, -0.2) is 116 Å². The van der Waals surface area contributed by atoms with E-state index in [9.17, 15) is 4.79 Å². The molecule has 3 fully saturated rings. The normalized spacial score (nSPS) is 19.6. The van der Waals surface area contributed by atoms with Crippen molar-refractivity contribution in [3.05, 3.63) is 48.8 Å². The molecule has 2 amide bonds. The molecular formula is C28H37N7O2. The Labute approximate surface area is 218 Å². The maximum atomic E-state index is 12.9. The standard InChI is InChI=1S/C28H37N7O2/c1-2-30-9-11-31(12-10-30)25-5-3-23(4-6-25)24-21-27-26(7-8-29-35(27)22-24)32-13-15-33(16-14-32)28(36)34-17-19-37-20-18-34/h3-8,21-22H,2,9-20H2,1H3. The van der Waals surface area contributed by atoms with Crippen molar-refractivity contribution in [2.24, 2.45) is 0 Å². The van der Waals surface area contributed by atoms with E-state index in [2.05, 4.69) is 69.3 Å². The molecule has 0 radical (unpaired) electrons. The molecule has 0 saturated carbocycles. The van der Waals surface area contributed by atoms with E-state index in [1.807, 2.05) is 20.5 Å². The van der Waals surface area contributed by atoms with E-state index in [1.165, 1.54) is 22.5 Å². The van der Waals surface area contributed by atoms with E-state index < -0.39 is 0 Å². The van der Waals surface area contributed by atoms with Gasteiger partial charge in [0.05, 0.1) is 24.4 Å². The summed E-state index contributed by atoms with van der Waals surface area (Å²) in [5.41, 5.74) is 5.94. The molecule has 0 aliphatic carbocycles. The Morgan fingerprint density at radius 1 is 0.811 bits per heavy atom. The van der Waals surface area contributed by atoms with Crippen LogP contribution in [0.15, 0.2) is 48.8 Å². The first-order valence-electron chi connectivity index (χ1n) is 13.6. The number of carbonyl (C=O) groups is 1. The highest BCUT2D eigenvalue weighted by Gasteiger charge is 2.27. The summed E-state index contributed by atoms with van der Waals surface area (Å²) in [5, 5.41) is 4.59. The minimum Gasteiger partial charge on any atom is -0.378 e. The number of likely N-dealkylation sites (N-methyl/N-ethyl adjacent to an activating group) is 1. The van der Waals surface area contributed by atoms with E-state index in [0.717, 1.165) is 64.4 Å². The molecule has 0 N–H and O–H groups in total. The molecule has 9 heteroatoms. The molecular weight excluding hydrogens is 466 g/mol. The van der Waals surface area contributed by atoms with Crippen molar-refractivity contribution >= 4 is 22.9 Å². The van der Waals surface area contributed by atoms with Crippen molar-refractivity contribution in [2.45, 2.75) is 6.92 Å². The zero-order valence-corrected chi connectivity index (χ0v) is 21.8. The van der Waals surface area contributed by atoms with Crippen molar-refractivity contribution in [3.8, 4) is 11.1 Å². The van der Waals surface area contributed by atoms with Crippen LogP contribution in [0.3, 0.4) is 0 Å². The number of urea groups is 1. The number of amides is 2. The first-order chi connectivity index (χ1) is 18.2. The van der Waals surface area contributed by atoms with Gasteiger partial charge in [-0.05, 0) is 36.4 Å². The van der Waals surface area contributed by atoms with Crippen LogP contribution in [0.25, 0.3) is 16.6 Å². The minimum absolute atomic E-state index is 0.142. The van der Waals surface area contributed by atoms with Gasteiger partial charge in [0, 0.05) is 89.1 Å². The third-order valence-corrected chi connectivity index (χ3v) is 8.04. The molecule has 2 aromatic heterocycles. The highest BCUT2D eigenvalue weighted by molar-refractivity contribution is 5.81. The molecule has 0 spiro atoms. The van der Waals surface area contributed by atoms with Crippen LogP contribution < -0.4 is 9.80 Å². The summed E-state index contributed by atoms with van der Waals surface area (Å²) in [6.45, 7) is 13.5. The first-order valence-corrected chi connectivity index (χ1v) is 13.6. The van der Waals surface area contributed by atoms with Crippen LogP contribution in [-0.2, 0) is 4.74 Å². The zero-order valence-electron chi connectivity index (χ0n) is 21.8. The van der Waals surface area contributed by atoms with E-state index >= 15 is 0 Å². The second kappa shape index (κ2) is 10.6. The molecule has 3 aliphatic rings. The van der Waals surface area contributed by atoms with Gasteiger partial charge in [-0.25, -0.2) is 9.31 Å². The summed E-state index contributed by atoms with van der Waals surface area (Å²) in [4.78, 5) is 24.1. The molecule has 6 rings (SSSR count). The van der Waals surface area contributed by atoms with Gasteiger partial charge in [-0.3, -0.25) is 0 Å². The van der Waals surface area contributed by atoms with Crippen molar-refractivity contribution < 1.29 is 9.53 Å². The lowest BCUT2D eigenvalue weighted by atomic mass is 10.1. The number of carbonyl (C=O) groups excluding carboxylic acids is 1. The van der Waals surface area contributed by atoms with Gasteiger partial charge in [-0.1, -0.05) is 19.1 Å². The number of anilines is 2. The number of hydrogen-bond donors (Lipinski definition) is 0. The molecule has 196 valence electrons. The second-order valence-electron chi connectivity index (χ2n) is 10.1. The number of rotatable bonds is 4. The van der Waals surface area contributed by atoms with Crippen LogP contribution in [0.1, 0.15) is 6.92 Å². The van der Waals surface area contributed by atoms with Gasteiger partial charge in [0.2, 0.25) is 0 Å². The molecule has 0 bridgehead atoms. The lowest BCUT2D eigenvalue weighted by molar-refractivity contribution is 0.0428. The Morgan fingerprint density at radius 2 is 1.49 bits per heavy atom. The third-order valence-electron chi connectivity index (χ3n) is 8.04. The molecule has 5 heterocycles. The van der Waals surface area contributed by atoms with Crippen LogP contribution in [0.5, 0.6) is 0 Å². The Bertz CT molecular complexity index is 1200. The van der Waals surface area contributed by atoms with Gasteiger partial charge in [0.15, 0.2) is 0 Å². The van der Waals surface area contributed by atoms with E-state index in [-0.39, 0.29) is 6.03 Å². The van der Waals surface area contributed by atoms with Crippen molar-refractivity contribution in [1.29, 1.82) is 0 Å². The van der Waals surface area contributed by atoms with Gasteiger partial charge < -0.3 is 29.2 Å². The average molecular weight is 504 g/mol. The second-order valence-corrected chi connectivity index (χ2v) is 10.1. The topological polar surface area (TPSA) is 59.8 Å². The number of hydrogen-bond acceptors (Lipinski definition) is 6. The van der Waals surface area contributed by atoms with E-state index in [4.69, 9.17) is 4.74 Å². The van der Waals surface area contributed by atoms with E-state index in [0.29, 0.717) is 26.3 Å². The molecule has 3 aliphatic heterocycles. The molecule has 37 heavy (non-hydrogen) atoms. The Morgan fingerprint density at radius 3 is 2.19 bits per heavy atom. The monoisotopic (exact) mass is 503 g/mol. The van der Waals surface area contributed by atoms with Gasteiger partial charge in [-0.15, -0.1) is 0 Å². The van der Waals surface area contributed by atoms with Crippen LogP contribution in [0, 0.1) is 0 Å². The van der Waals surface area contributed by atoms with Gasteiger partial charge in [-0.2, -0.15) is 5.10 Å². The SMILES string of the molecule is CCN1CCN(c2ccc(-c3cc4c(N5CCN(C(=O)N6CCOCC6)CC5)ccnn4c3)cc2)CC1. The van der Waals surface area contributed by atoms with Crippen LogP contribution in [0.2, 0.25) is 0 Å². The predicted molar refractivity (Wildman–Crippen MR) is 147 cm³/mol. The maximum absolute atomic E-state index is 12.9. The summed E-state index contributed by atoms with van der Waals surface area (Å²) < 4.78 is 7.38. The number of benzene rings is 1. The summed E-state index contributed by atoms with van der Waals surface area (Å²) in [7, 11) is 0. The summed E-state index contributed by atoms with van der Waals surface area (Å²) in [5.74, 6) is 0. The zero-order chi connectivity index (χ0) is 25.2. The fourth-order valence-corrected chi connectivity index (χ4v) is 5.71. The minimum atomic E-state index is 0.142. The maximum Gasteiger partial charge on any atom is 0.320 e. The number of morpholine rings is 1. The Kier molecular flexibility index (Phi) is 6.89. The fraction of sp³-hybridized carbons (Fsp3) is 0.500. The number of nitrogens with zero attached hydrogens (tertiary/aromatic N) is 7. The summed E-state index contributed by atoms with van der Waals surface area (Å²) >= 11 is 0. The van der Waals surface area contributed by atoms with Gasteiger partial charge in [0.25, 0.3) is 0 Å². The number of aromatic nitrogens is 2. The lowest BCUT2D eigenvalue weighted by Crippen LogP contribution is -2.54. The Hall–Kier alpha value is -3.30. The lowest BCUT2D eigenvalue weighted by Gasteiger charge is -2.39. The van der Waals surface area contributed by atoms with E-state index in [1.54, 1.807) is 0 Å². The molecule has 0 unspecified atom stereocenters. The highest BCUT2D eigenvalue weighted by Crippen LogP contribution is 2.30. The largest absolute Gasteiger partial charge is 0.378 e. The summed E-state index contributed by atoms with van der Waals surface area (Å²) in [6, 6.07) is 13.4. The molecule has 9 nitrogen and oxygen atoms in total. The number of piperazine rings is 2. The van der Waals surface area contributed by atoms with Crippen molar-refractivity contribution in [2.75, 3.05) is 95.0 Å². The van der Waals surface area contributed by atoms with Crippen molar-refractivity contribution in [3.63, 3.8) is 0 Å². The number of fused-ring (bicyclic) bond motifs is 1. The molecule has 1 aromatic carbocycles. The molecule has 3 aromatic rings. The predicted octanol–water partition coefficient (Wildman–Crippen LogP) is 2.72. The molecule has 3 saturated heterocycles. The van der Waals surface area contributed by atoms with Gasteiger partial charge in [0.1, 0.15) is 0 Å². The number of ether oxygens (including phenoxy) is 1. The van der Waals surface area contributed by atoms with Crippen LogP contribution >= 0.6 is 0 Å². The van der Waals surface area contributed by atoms with Gasteiger partial charge >= 0.3 is 6.03 Å². The van der Waals surface area contributed by atoms with Crippen LogP contribution in [0.4, 0.5) is 16.2 Å². The molecule has 0 atom stereocenters. The highest BCUT2D eigenvalue weighted by atomic mass is 16.5. The quantitative estimate of drug-likeness (QED) is 0.546.